The van der Waals surface area contributed by atoms with E-state index in [1.807, 2.05) is 41.5 Å². The van der Waals surface area contributed by atoms with Crippen molar-refractivity contribution in [2.75, 3.05) is 24.3 Å². The van der Waals surface area contributed by atoms with E-state index < -0.39 is 57.5 Å². The number of hydrogen-bond donors (Lipinski definition) is 5. The van der Waals surface area contributed by atoms with Gasteiger partial charge in [-0.2, -0.15) is 0 Å². The predicted octanol–water partition coefficient (Wildman–Crippen LogP) is 6.99. The number of benzene rings is 3. The number of aliphatic carboxylic acids is 1. The first-order chi connectivity index (χ1) is 25.3. The lowest BCUT2D eigenvalue weighted by molar-refractivity contribution is -0.140. The number of Topliss-reactive ketones (excluding diaryl/α,β-unsaturated/α-hetero) is 1. The zero-order valence-electron chi connectivity index (χ0n) is 30.7. The van der Waals surface area contributed by atoms with Gasteiger partial charge in [0.2, 0.25) is 15.8 Å². The van der Waals surface area contributed by atoms with Gasteiger partial charge >= 0.3 is 5.97 Å². The van der Waals surface area contributed by atoms with Crippen molar-refractivity contribution in [1.29, 1.82) is 5.41 Å². The number of aromatic hydroxyl groups is 1. The van der Waals surface area contributed by atoms with Crippen molar-refractivity contribution < 1.29 is 37.8 Å². The molecule has 14 heteroatoms. The molecule has 5 N–H and O–H groups in total. The lowest BCUT2D eigenvalue weighted by Gasteiger charge is -2.37. The number of thioether (sulfide) groups is 1. The van der Waals surface area contributed by atoms with E-state index in [4.69, 9.17) is 10.1 Å². The van der Waals surface area contributed by atoms with Gasteiger partial charge < -0.3 is 30.6 Å². The normalized spacial score (nSPS) is 15.7. The Labute approximate surface area is 316 Å². The standard InChI is InChI=1S/C39H50N4O8S2/c1-5-8-20-39(21-9-6-2)25-43(27-14-11-10-12-15-27)30-22-32(52-4)31(23-33(30)53(49,50)42-39)51-24-34(45)41-36(26-16-18-28(44)19-17-26)37(46)35(40)29(13-7-3)38(47)48/h10-12,14-19,22-23,29,36,40,42,44H,5-9,13,20-21,24-25H2,1-4H3,(H,41,45)(H,47,48)/t29-,36?/m1/s1. The minimum Gasteiger partial charge on any atom is -0.508 e. The zero-order valence-corrected chi connectivity index (χ0v) is 32.3. The van der Waals surface area contributed by atoms with Crippen LogP contribution in [0.2, 0.25) is 0 Å². The minimum absolute atomic E-state index is 0.00525. The number of rotatable bonds is 19. The number of hydrogen-bond acceptors (Lipinski definition) is 10. The molecule has 0 spiro atoms. The van der Waals surface area contributed by atoms with E-state index in [9.17, 15) is 33.0 Å². The number of para-hydroxylation sites is 1. The number of unbranched alkanes of at least 4 members (excludes halogenated alkanes) is 2. The van der Waals surface area contributed by atoms with Crippen molar-refractivity contribution in [3.8, 4) is 11.5 Å². The molecule has 0 radical (unpaired) electrons. The van der Waals surface area contributed by atoms with E-state index in [-0.39, 0.29) is 28.4 Å². The van der Waals surface area contributed by atoms with Gasteiger partial charge in [0.1, 0.15) is 28.4 Å². The van der Waals surface area contributed by atoms with Gasteiger partial charge in [0.05, 0.1) is 21.8 Å². The Kier molecular flexibility index (Phi) is 14.5. The van der Waals surface area contributed by atoms with E-state index in [1.54, 1.807) is 13.0 Å². The molecule has 2 atom stereocenters. The second kappa shape index (κ2) is 18.6. The fourth-order valence-corrected chi connectivity index (χ4v) is 8.77. The number of carboxylic acids is 1. The highest BCUT2D eigenvalue weighted by Gasteiger charge is 2.42. The first-order valence-electron chi connectivity index (χ1n) is 17.9. The number of phenols is 1. The smallest absolute Gasteiger partial charge is 0.312 e. The molecular weight excluding hydrogens is 717 g/mol. The number of ketones is 1. The molecule has 1 aliphatic heterocycles. The lowest BCUT2D eigenvalue weighted by Crippen LogP contribution is -2.53. The van der Waals surface area contributed by atoms with Gasteiger partial charge in [0.15, 0.2) is 6.61 Å². The molecule has 12 nitrogen and oxygen atoms in total. The summed E-state index contributed by atoms with van der Waals surface area (Å²) in [6.45, 7) is 5.71. The summed E-state index contributed by atoms with van der Waals surface area (Å²) >= 11 is 1.32. The summed E-state index contributed by atoms with van der Waals surface area (Å²) in [4.78, 5) is 41.5. The number of nitrogens with zero attached hydrogens (tertiary/aromatic N) is 1. The first-order valence-corrected chi connectivity index (χ1v) is 20.7. The Morgan fingerprint density at radius 3 is 2.21 bits per heavy atom. The van der Waals surface area contributed by atoms with Crippen LogP contribution < -0.4 is 19.7 Å². The fourth-order valence-electron chi connectivity index (χ4n) is 6.56. The third-order valence-electron chi connectivity index (χ3n) is 9.36. The quantitative estimate of drug-likeness (QED) is 0.0629. The van der Waals surface area contributed by atoms with Crippen LogP contribution in [0.15, 0.2) is 76.5 Å². The molecule has 1 heterocycles. The number of phenolic OH excluding ortho intramolecular Hbond substituents is 1. The number of carbonyl (C=O) groups is 3. The number of ether oxygens (including phenoxy) is 1. The molecule has 286 valence electrons. The number of fused-ring (bicyclic) bond motifs is 1. The van der Waals surface area contributed by atoms with Crippen molar-refractivity contribution >= 4 is 56.5 Å². The van der Waals surface area contributed by atoms with Crippen molar-refractivity contribution in [2.24, 2.45) is 5.92 Å². The molecule has 53 heavy (non-hydrogen) atoms. The molecular formula is C39H50N4O8S2. The Morgan fingerprint density at radius 2 is 1.64 bits per heavy atom. The van der Waals surface area contributed by atoms with Crippen LogP contribution in [0, 0.1) is 11.3 Å². The summed E-state index contributed by atoms with van der Waals surface area (Å²) in [6, 6.07) is 16.8. The van der Waals surface area contributed by atoms with Crippen LogP contribution in [0.1, 0.15) is 83.7 Å². The second-order valence-corrected chi connectivity index (χ2v) is 15.8. The molecule has 0 aromatic heterocycles. The third-order valence-corrected chi connectivity index (χ3v) is 11.7. The predicted molar refractivity (Wildman–Crippen MR) is 207 cm³/mol. The van der Waals surface area contributed by atoms with E-state index in [2.05, 4.69) is 23.9 Å². The molecule has 0 aliphatic carbocycles. The largest absolute Gasteiger partial charge is 0.508 e. The molecule has 4 rings (SSSR count). The minimum atomic E-state index is -4.09. The van der Waals surface area contributed by atoms with Crippen LogP contribution in [0.5, 0.6) is 11.5 Å². The molecule has 1 aliphatic rings. The monoisotopic (exact) mass is 766 g/mol. The van der Waals surface area contributed by atoms with Crippen LogP contribution in [0.3, 0.4) is 0 Å². The number of carbonyl (C=O) groups excluding carboxylic acids is 2. The summed E-state index contributed by atoms with van der Waals surface area (Å²) in [6.07, 6.45) is 7.10. The van der Waals surface area contributed by atoms with Crippen LogP contribution in [0.4, 0.5) is 11.4 Å². The molecule has 0 fully saturated rings. The van der Waals surface area contributed by atoms with Gasteiger partial charge in [-0.1, -0.05) is 83.2 Å². The summed E-state index contributed by atoms with van der Waals surface area (Å²) in [5.41, 5.74) is 0.152. The second-order valence-electron chi connectivity index (χ2n) is 13.3. The number of anilines is 2. The molecule has 1 unspecified atom stereocenters. The zero-order chi connectivity index (χ0) is 38.8. The van der Waals surface area contributed by atoms with Crippen molar-refractivity contribution in [3.63, 3.8) is 0 Å². The Morgan fingerprint density at radius 1 is 1.00 bits per heavy atom. The average molecular weight is 767 g/mol. The van der Waals surface area contributed by atoms with Crippen LogP contribution in [-0.4, -0.2) is 66.9 Å². The third kappa shape index (κ3) is 10.2. The summed E-state index contributed by atoms with van der Waals surface area (Å²) in [5.74, 6) is -4.30. The fraction of sp³-hybridized carbons (Fsp3) is 0.436. The maximum absolute atomic E-state index is 14.3. The number of carboxylic acid groups (broad SMARTS) is 1. The molecule has 3 aromatic carbocycles. The highest BCUT2D eigenvalue weighted by molar-refractivity contribution is 7.98. The van der Waals surface area contributed by atoms with Crippen LogP contribution in [-0.2, 0) is 24.4 Å². The average Bonchev–Trinajstić information content (AvgIpc) is 3.24. The van der Waals surface area contributed by atoms with Crippen LogP contribution >= 0.6 is 11.8 Å². The van der Waals surface area contributed by atoms with Gasteiger partial charge in [-0.25, -0.2) is 13.1 Å². The summed E-state index contributed by atoms with van der Waals surface area (Å²) in [5, 5.41) is 30.5. The maximum atomic E-state index is 14.3. The van der Waals surface area contributed by atoms with Gasteiger partial charge in [0, 0.05) is 18.3 Å². The molecule has 1 amide bonds. The van der Waals surface area contributed by atoms with E-state index in [0.717, 1.165) is 31.4 Å². The summed E-state index contributed by atoms with van der Waals surface area (Å²) < 4.78 is 37.7. The van der Waals surface area contributed by atoms with Crippen molar-refractivity contribution in [1.82, 2.24) is 10.0 Å². The van der Waals surface area contributed by atoms with E-state index >= 15 is 0 Å². The molecule has 0 bridgehead atoms. The highest BCUT2D eigenvalue weighted by Crippen LogP contribution is 2.44. The topological polar surface area (TPSA) is 186 Å². The van der Waals surface area contributed by atoms with Crippen molar-refractivity contribution in [3.05, 3.63) is 72.3 Å². The molecule has 3 aromatic rings. The SMILES string of the molecule is CCCCC1(CCCC)CN(c2ccccc2)c2cc(SC)c(OCC(=O)NC(C(=O)C(=N)[C@@H](CCC)C(=O)O)c3ccc(O)cc3)cc2S(=O)(=O)N1. The van der Waals surface area contributed by atoms with Gasteiger partial charge in [0.25, 0.3) is 5.91 Å². The summed E-state index contributed by atoms with van der Waals surface area (Å²) in [7, 11) is -4.09. The van der Waals surface area contributed by atoms with Gasteiger partial charge in [-0.3, -0.25) is 14.4 Å². The first kappa shape index (κ1) is 41.4. The van der Waals surface area contributed by atoms with Crippen molar-refractivity contribution in [2.45, 2.75) is 93.5 Å². The molecule has 0 saturated heterocycles. The van der Waals surface area contributed by atoms with Gasteiger partial charge in [-0.15, -0.1) is 11.8 Å². The highest BCUT2D eigenvalue weighted by atomic mass is 32.2. The number of sulfonamides is 1. The number of nitrogens with one attached hydrogen (secondary N) is 3. The van der Waals surface area contributed by atoms with E-state index in [0.29, 0.717) is 36.4 Å². The van der Waals surface area contributed by atoms with Crippen LogP contribution in [0.25, 0.3) is 0 Å². The Bertz CT molecular complexity index is 1860. The lowest BCUT2D eigenvalue weighted by atomic mass is 9.87. The number of amides is 1. The van der Waals surface area contributed by atoms with Gasteiger partial charge in [-0.05, 0) is 61.4 Å². The van der Waals surface area contributed by atoms with E-state index in [1.165, 1.54) is 42.1 Å². The Balaban J connectivity index is 1.70. The molecule has 0 saturated carbocycles. The maximum Gasteiger partial charge on any atom is 0.312 e. The Hall–Kier alpha value is -4.40.